The van der Waals surface area contributed by atoms with E-state index >= 15 is 0 Å². The third-order valence-corrected chi connectivity index (χ3v) is 3.16. The summed E-state index contributed by atoms with van der Waals surface area (Å²) in [5.41, 5.74) is 0.496. The standard InChI is InChI=1S/C12H15N3O4/c1-13-10-3-2-8(6-11(10)15(18)19)12(17)14-5-4-9(16)7-14/h2-3,6,9,13,16H,4-5,7H2,1H3. The lowest BCUT2D eigenvalue weighted by molar-refractivity contribution is -0.384. The number of rotatable bonds is 3. The molecule has 1 unspecified atom stereocenters. The fraction of sp³-hybridized carbons (Fsp3) is 0.417. The highest BCUT2D eigenvalue weighted by Crippen LogP contribution is 2.26. The fourth-order valence-electron chi connectivity index (χ4n) is 2.14. The number of benzene rings is 1. The zero-order valence-electron chi connectivity index (χ0n) is 10.5. The average Bonchev–Trinajstić information content (AvgIpc) is 2.83. The summed E-state index contributed by atoms with van der Waals surface area (Å²) in [7, 11) is 1.58. The summed E-state index contributed by atoms with van der Waals surface area (Å²) in [5.74, 6) is -0.290. The normalized spacial score (nSPS) is 18.4. The van der Waals surface area contributed by atoms with Crippen molar-refractivity contribution in [3.63, 3.8) is 0 Å². The summed E-state index contributed by atoms with van der Waals surface area (Å²) in [6, 6.07) is 4.32. The first-order valence-electron chi connectivity index (χ1n) is 5.96. The van der Waals surface area contributed by atoms with Crippen molar-refractivity contribution >= 4 is 17.3 Å². The lowest BCUT2D eigenvalue weighted by Gasteiger charge is -2.15. The minimum Gasteiger partial charge on any atom is -0.391 e. The number of anilines is 1. The van der Waals surface area contributed by atoms with E-state index in [0.717, 1.165) is 0 Å². The molecule has 1 heterocycles. The number of nitrogens with one attached hydrogen (secondary N) is 1. The molecule has 19 heavy (non-hydrogen) atoms. The van der Waals surface area contributed by atoms with Gasteiger partial charge in [0.05, 0.1) is 11.0 Å². The molecule has 1 aromatic carbocycles. The van der Waals surface area contributed by atoms with Crippen LogP contribution in [0.3, 0.4) is 0 Å². The van der Waals surface area contributed by atoms with Crippen LogP contribution in [-0.4, -0.2) is 47.1 Å². The van der Waals surface area contributed by atoms with Gasteiger partial charge in [-0.2, -0.15) is 0 Å². The highest BCUT2D eigenvalue weighted by atomic mass is 16.6. The molecule has 1 fully saturated rings. The Morgan fingerprint density at radius 2 is 2.32 bits per heavy atom. The van der Waals surface area contributed by atoms with Crippen molar-refractivity contribution in [2.45, 2.75) is 12.5 Å². The van der Waals surface area contributed by atoms with E-state index in [-0.39, 0.29) is 23.7 Å². The maximum atomic E-state index is 12.1. The molecule has 0 bridgehead atoms. The number of nitro benzene ring substituents is 1. The Hall–Kier alpha value is -2.15. The predicted molar refractivity (Wildman–Crippen MR) is 69.2 cm³/mol. The number of aliphatic hydroxyl groups excluding tert-OH is 1. The summed E-state index contributed by atoms with van der Waals surface area (Å²) < 4.78 is 0. The first-order chi connectivity index (χ1) is 9.02. The van der Waals surface area contributed by atoms with Gasteiger partial charge in [0.25, 0.3) is 11.6 Å². The molecule has 0 radical (unpaired) electrons. The number of carbonyl (C=O) groups is 1. The van der Waals surface area contributed by atoms with Crippen LogP contribution in [0.5, 0.6) is 0 Å². The van der Waals surface area contributed by atoms with Gasteiger partial charge in [0.15, 0.2) is 0 Å². The second-order valence-electron chi connectivity index (χ2n) is 4.43. The van der Waals surface area contributed by atoms with Gasteiger partial charge in [-0.1, -0.05) is 0 Å². The highest BCUT2D eigenvalue weighted by Gasteiger charge is 2.26. The molecule has 0 aliphatic carbocycles. The summed E-state index contributed by atoms with van der Waals surface area (Å²) in [6.07, 6.45) is 0.0399. The van der Waals surface area contributed by atoms with Crippen molar-refractivity contribution in [1.82, 2.24) is 4.90 Å². The van der Waals surface area contributed by atoms with Gasteiger partial charge >= 0.3 is 0 Å². The van der Waals surface area contributed by atoms with Crippen molar-refractivity contribution < 1.29 is 14.8 Å². The largest absolute Gasteiger partial charge is 0.391 e. The third kappa shape index (κ3) is 2.65. The monoisotopic (exact) mass is 265 g/mol. The van der Waals surface area contributed by atoms with Gasteiger partial charge < -0.3 is 15.3 Å². The first kappa shape index (κ1) is 13.3. The van der Waals surface area contributed by atoms with Gasteiger partial charge in [-0.05, 0) is 18.6 Å². The average molecular weight is 265 g/mol. The second kappa shape index (κ2) is 5.23. The SMILES string of the molecule is CNc1ccc(C(=O)N2CCC(O)C2)cc1[N+](=O)[O-]. The van der Waals surface area contributed by atoms with Crippen LogP contribution in [-0.2, 0) is 0 Å². The zero-order valence-corrected chi connectivity index (χ0v) is 10.5. The van der Waals surface area contributed by atoms with Gasteiger partial charge in [-0.15, -0.1) is 0 Å². The van der Waals surface area contributed by atoms with Crippen LogP contribution < -0.4 is 5.32 Å². The maximum absolute atomic E-state index is 12.1. The molecular formula is C12H15N3O4. The van der Waals surface area contributed by atoms with Crippen molar-refractivity contribution in [2.24, 2.45) is 0 Å². The van der Waals surface area contributed by atoms with E-state index in [0.29, 0.717) is 18.7 Å². The van der Waals surface area contributed by atoms with Crippen LogP contribution in [0.15, 0.2) is 18.2 Å². The van der Waals surface area contributed by atoms with Crippen LogP contribution in [0.25, 0.3) is 0 Å². The molecule has 0 aromatic heterocycles. The molecule has 0 spiro atoms. The summed E-state index contributed by atoms with van der Waals surface area (Å²) in [6.45, 7) is 0.752. The van der Waals surface area contributed by atoms with Crippen LogP contribution in [0, 0.1) is 10.1 Å². The summed E-state index contributed by atoms with van der Waals surface area (Å²) in [4.78, 5) is 24.0. The molecule has 1 saturated heterocycles. The molecule has 0 saturated carbocycles. The number of β-amino-alcohol motifs (C(OH)–C–C–N with tert-alkyl or cyclic N) is 1. The molecule has 1 atom stereocenters. The van der Waals surface area contributed by atoms with E-state index < -0.39 is 11.0 Å². The van der Waals surface area contributed by atoms with E-state index in [1.165, 1.54) is 17.0 Å². The van der Waals surface area contributed by atoms with Crippen LogP contribution in [0.4, 0.5) is 11.4 Å². The van der Waals surface area contributed by atoms with E-state index in [2.05, 4.69) is 5.32 Å². The number of nitrogens with zero attached hydrogens (tertiary/aromatic N) is 2. The van der Waals surface area contributed by atoms with Gasteiger partial charge in [0, 0.05) is 31.8 Å². The Balaban J connectivity index is 2.28. The molecule has 7 heteroatoms. The van der Waals surface area contributed by atoms with E-state index in [1.807, 2.05) is 0 Å². The Kier molecular flexibility index (Phi) is 3.66. The highest BCUT2D eigenvalue weighted by molar-refractivity contribution is 5.96. The fourth-order valence-corrected chi connectivity index (χ4v) is 2.14. The molecule has 1 amide bonds. The summed E-state index contributed by atoms with van der Waals surface area (Å²) >= 11 is 0. The van der Waals surface area contributed by atoms with Crippen LogP contribution in [0.1, 0.15) is 16.8 Å². The maximum Gasteiger partial charge on any atom is 0.293 e. The Bertz CT molecular complexity index is 518. The predicted octanol–water partition coefficient (Wildman–Crippen LogP) is 0.843. The number of hydrogen-bond acceptors (Lipinski definition) is 5. The number of nitro groups is 1. The Morgan fingerprint density at radius 3 is 2.84 bits per heavy atom. The Labute approximate surface area is 110 Å². The van der Waals surface area contributed by atoms with E-state index in [4.69, 9.17) is 0 Å². The zero-order chi connectivity index (χ0) is 14.0. The lowest BCUT2D eigenvalue weighted by atomic mass is 10.1. The molecule has 102 valence electrons. The van der Waals surface area contributed by atoms with Gasteiger partial charge in [-0.25, -0.2) is 0 Å². The number of amides is 1. The summed E-state index contributed by atoms with van der Waals surface area (Å²) in [5, 5.41) is 23.1. The van der Waals surface area contributed by atoms with Crippen molar-refractivity contribution in [3.8, 4) is 0 Å². The molecule has 1 aliphatic rings. The number of likely N-dealkylation sites (tertiary alicyclic amines) is 1. The molecule has 1 aromatic rings. The number of hydrogen-bond donors (Lipinski definition) is 2. The van der Waals surface area contributed by atoms with E-state index in [9.17, 15) is 20.0 Å². The molecule has 2 N–H and O–H groups in total. The third-order valence-electron chi connectivity index (χ3n) is 3.16. The van der Waals surface area contributed by atoms with Crippen molar-refractivity contribution in [3.05, 3.63) is 33.9 Å². The molecule has 7 nitrogen and oxygen atoms in total. The van der Waals surface area contributed by atoms with Gasteiger partial charge in [0.2, 0.25) is 0 Å². The molecule has 1 aliphatic heterocycles. The Morgan fingerprint density at radius 1 is 1.58 bits per heavy atom. The van der Waals surface area contributed by atoms with Crippen molar-refractivity contribution in [2.75, 3.05) is 25.5 Å². The topological polar surface area (TPSA) is 95.7 Å². The van der Waals surface area contributed by atoms with Gasteiger partial charge in [-0.3, -0.25) is 14.9 Å². The smallest absolute Gasteiger partial charge is 0.293 e. The number of aliphatic hydroxyl groups is 1. The van der Waals surface area contributed by atoms with Gasteiger partial charge in [0.1, 0.15) is 5.69 Å². The molecular weight excluding hydrogens is 250 g/mol. The van der Waals surface area contributed by atoms with E-state index in [1.54, 1.807) is 13.1 Å². The minimum atomic E-state index is -0.526. The number of carbonyl (C=O) groups excluding carboxylic acids is 1. The van der Waals surface area contributed by atoms with Crippen LogP contribution >= 0.6 is 0 Å². The van der Waals surface area contributed by atoms with Crippen LogP contribution in [0.2, 0.25) is 0 Å². The lowest BCUT2D eigenvalue weighted by Crippen LogP contribution is -2.29. The molecule has 2 rings (SSSR count). The second-order valence-corrected chi connectivity index (χ2v) is 4.43. The quantitative estimate of drug-likeness (QED) is 0.623. The van der Waals surface area contributed by atoms with Crippen molar-refractivity contribution in [1.29, 1.82) is 0 Å². The first-order valence-corrected chi connectivity index (χ1v) is 5.96. The minimum absolute atomic E-state index is 0.131.